The van der Waals surface area contributed by atoms with Gasteiger partial charge >= 0.3 is 0 Å². The van der Waals surface area contributed by atoms with Gasteiger partial charge in [-0.2, -0.15) is 0 Å². The quantitative estimate of drug-likeness (QED) is 0.409. The first-order valence-corrected chi connectivity index (χ1v) is 12.3. The fourth-order valence-electron chi connectivity index (χ4n) is 4.38. The molecule has 0 bridgehead atoms. The van der Waals surface area contributed by atoms with Gasteiger partial charge in [0, 0.05) is 62.1 Å². The first kappa shape index (κ1) is 24.1. The number of benzene rings is 3. The molecule has 3 aromatic carbocycles. The van der Waals surface area contributed by atoms with Crippen molar-refractivity contribution in [2.24, 2.45) is 0 Å². The molecule has 0 aliphatic carbocycles. The molecule has 34 heavy (non-hydrogen) atoms. The first-order valence-electron chi connectivity index (χ1n) is 11.9. The van der Waals surface area contributed by atoms with Crippen molar-refractivity contribution in [3.63, 3.8) is 0 Å². The van der Waals surface area contributed by atoms with Crippen molar-refractivity contribution in [2.45, 2.75) is 26.3 Å². The predicted molar refractivity (Wildman–Crippen MR) is 138 cm³/mol. The smallest absolute Gasteiger partial charge is 0.224 e. The zero-order chi connectivity index (χ0) is 23.9. The molecule has 4 nitrogen and oxygen atoms in total. The third-order valence-corrected chi connectivity index (χ3v) is 6.78. The monoisotopic (exact) mass is 479 g/mol. The van der Waals surface area contributed by atoms with Crippen LogP contribution in [0.2, 0.25) is 5.02 Å². The van der Waals surface area contributed by atoms with Crippen molar-refractivity contribution < 1.29 is 9.18 Å². The van der Waals surface area contributed by atoms with E-state index in [0.717, 1.165) is 54.4 Å². The Labute approximate surface area is 206 Å². The van der Waals surface area contributed by atoms with Crippen LogP contribution in [-0.2, 0) is 17.8 Å². The van der Waals surface area contributed by atoms with Crippen LogP contribution in [0.15, 0.2) is 72.8 Å². The highest BCUT2D eigenvalue weighted by atomic mass is 35.5. The number of piperazine rings is 1. The van der Waals surface area contributed by atoms with E-state index in [4.69, 9.17) is 11.6 Å². The minimum atomic E-state index is -0.250. The molecule has 0 aromatic heterocycles. The predicted octanol–water partition coefficient (Wildman–Crippen LogP) is 5.79. The highest BCUT2D eigenvalue weighted by molar-refractivity contribution is 6.31. The average Bonchev–Trinajstić information content (AvgIpc) is 2.88. The molecule has 0 radical (unpaired) electrons. The Morgan fingerprint density at radius 3 is 2.35 bits per heavy atom. The number of amides is 1. The van der Waals surface area contributed by atoms with Crippen molar-refractivity contribution in [3.05, 3.63) is 94.8 Å². The summed E-state index contributed by atoms with van der Waals surface area (Å²) in [4.78, 5) is 19.5. The van der Waals surface area contributed by atoms with E-state index in [0.29, 0.717) is 19.5 Å². The van der Waals surface area contributed by atoms with Crippen LogP contribution in [0.4, 0.5) is 15.8 Å². The van der Waals surface area contributed by atoms with Gasteiger partial charge in [-0.05, 0) is 60.0 Å². The van der Waals surface area contributed by atoms with E-state index >= 15 is 0 Å². The molecule has 4 rings (SSSR count). The number of nitrogens with zero attached hydrogens (tertiary/aromatic N) is 3. The van der Waals surface area contributed by atoms with E-state index in [9.17, 15) is 9.18 Å². The van der Waals surface area contributed by atoms with Gasteiger partial charge in [0.2, 0.25) is 5.91 Å². The Morgan fingerprint density at radius 2 is 1.68 bits per heavy atom. The molecule has 178 valence electrons. The molecule has 3 aromatic rings. The van der Waals surface area contributed by atoms with Crippen molar-refractivity contribution in [1.29, 1.82) is 0 Å². The Bertz CT molecular complexity index is 1080. The minimum absolute atomic E-state index is 0.168. The van der Waals surface area contributed by atoms with Crippen LogP contribution in [0.5, 0.6) is 0 Å². The van der Waals surface area contributed by atoms with Crippen LogP contribution < -0.4 is 9.80 Å². The molecule has 1 heterocycles. The van der Waals surface area contributed by atoms with Gasteiger partial charge in [-0.25, -0.2) is 4.39 Å². The Balaban J connectivity index is 1.41. The number of hydrogen-bond donors (Lipinski definition) is 0. The van der Waals surface area contributed by atoms with E-state index in [1.165, 1.54) is 17.8 Å². The van der Waals surface area contributed by atoms with Crippen LogP contribution in [0, 0.1) is 5.82 Å². The fraction of sp³-hybridized carbons (Fsp3) is 0.321. The van der Waals surface area contributed by atoms with Gasteiger partial charge in [-0.1, -0.05) is 48.9 Å². The molecule has 1 aliphatic rings. The number of halogens is 2. The van der Waals surface area contributed by atoms with Gasteiger partial charge in [0.1, 0.15) is 5.82 Å². The van der Waals surface area contributed by atoms with E-state index in [2.05, 4.69) is 34.9 Å². The van der Waals surface area contributed by atoms with E-state index in [-0.39, 0.29) is 11.7 Å². The topological polar surface area (TPSA) is 26.8 Å². The summed E-state index contributed by atoms with van der Waals surface area (Å²) in [5, 5.41) is 0.750. The summed E-state index contributed by atoms with van der Waals surface area (Å²) in [6.45, 7) is 6.39. The van der Waals surface area contributed by atoms with Gasteiger partial charge in [0.15, 0.2) is 0 Å². The number of carbonyl (C=O) groups is 1. The summed E-state index contributed by atoms with van der Waals surface area (Å²) in [6, 6.07) is 22.9. The van der Waals surface area contributed by atoms with Crippen molar-refractivity contribution in [1.82, 2.24) is 4.90 Å². The number of rotatable bonds is 8. The van der Waals surface area contributed by atoms with Gasteiger partial charge < -0.3 is 14.7 Å². The second-order valence-electron chi connectivity index (χ2n) is 8.63. The first-order chi connectivity index (χ1) is 16.5. The summed E-state index contributed by atoms with van der Waals surface area (Å²) >= 11 is 6.34. The molecule has 0 spiro atoms. The lowest BCUT2D eigenvalue weighted by Gasteiger charge is -2.36. The average molecular weight is 480 g/mol. The molecular formula is C28H31ClFN3O. The van der Waals surface area contributed by atoms with E-state index in [1.54, 1.807) is 12.1 Å². The molecule has 0 saturated carbocycles. The van der Waals surface area contributed by atoms with Crippen LogP contribution in [0.3, 0.4) is 0 Å². The number of aryl methyl sites for hydroxylation is 1. The summed E-state index contributed by atoms with van der Waals surface area (Å²) in [7, 11) is 0. The number of para-hydroxylation sites is 1. The maximum Gasteiger partial charge on any atom is 0.224 e. The molecule has 1 aliphatic heterocycles. The zero-order valence-electron chi connectivity index (χ0n) is 19.6. The SMILES string of the molecule is CCc1cc(N(CCC(=O)N2CCN(c3ccccc3)CC2)Cc2ccc(F)cc2)ccc1Cl. The van der Waals surface area contributed by atoms with Crippen LogP contribution in [0.25, 0.3) is 0 Å². The summed E-state index contributed by atoms with van der Waals surface area (Å²) in [5.41, 5.74) is 4.30. The summed E-state index contributed by atoms with van der Waals surface area (Å²) in [5.74, 6) is -0.0821. The summed E-state index contributed by atoms with van der Waals surface area (Å²) < 4.78 is 13.4. The lowest BCUT2D eigenvalue weighted by Crippen LogP contribution is -2.49. The molecular weight excluding hydrogens is 449 g/mol. The normalized spacial score (nSPS) is 13.7. The van der Waals surface area contributed by atoms with Crippen LogP contribution >= 0.6 is 11.6 Å². The molecule has 1 fully saturated rings. The zero-order valence-corrected chi connectivity index (χ0v) is 20.3. The molecule has 0 unspecified atom stereocenters. The van der Waals surface area contributed by atoms with Crippen molar-refractivity contribution in [2.75, 3.05) is 42.5 Å². The largest absolute Gasteiger partial charge is 0.368 e. The Morgan fingerprint density at radius 1 is 0.971 bits per heavy atom. The summed E-state index contributed by atoms with van der Waals surface area (Å²) in [6.07, 6.45) is 1.26. The standard InChI is InChI=1S/C28H31ClFN3O/c1-2-23-20-26(12-13-27(23)29)33(21-22-8-10-24(30)11-9-22)15-14-28(34)32-18-16-31(17-19-32)25-6-4-3-5-7-25/h3-13,20H,2,14-19,21H2,1H3. The molecule has 0 N–H and O–H groups in total. The molecule has 0 atom stereocenters. The van der Waals surface area contributed by atoms with E-state index in [1.807, 2.05) is 35.2 Å². The number of anilines is 2. The maximum absolute atomic E-state index is 13.4. The Hall–Kier alpha value is -3.05. The maximum atomic E-state index is 13.4. The third-order valence-electron chi connectivity index (χ3n) is 6.41. The van der Waals surface area contributed by atoms with Crippen molar-refractivity contribution >= 4 is 28.9 Å². The molecule has 1 amide bonds. The van der Waals surface area contributed by atoms with Crippen molar-refractivity contribution in [3.8, 4) is 0 Å². The van der Waals surface area contributed by atoms with Gasteiger partial charge in [-0.3, -0.25) is 4.79 Å². The second kappa shape index (κ2) is 11.4. The third kappa shape index (κ3) is 6.09. The fourth-order valence-corrected chi connectivity index (χ4v) is 4.63. The molecule has 6 heteroatoms. The van der Waals surface area contributed by atoms with E-state index < -0.39 is 0 Å². The van der Waals surface area contributed by atoms with Gasteiger partial charge in [0.05, 0.1) is 0 Å². The van der Waals surface area contributed by atoms with Crippen LogP contribution in [-0.4, -0.2) is 43.5 Å². The minimum Gasteiger partial charge on any atom is -0.368 e. The van der Waals surface area contributed by atoms with Crippen LogP contribution in [0.1, 0.15) is 24.5 Å². The lowest BCUT2D eigenvalue weighted by molar-refractivity contribution is -0.131. The second-order valence-corrected chi connectivity index (χ2v) is 9.04. The highest BCUT2D eigenvalue weighted by Gasteiger charge is 2.22. The highest BCUT2D eigenvalue weighted by Crippen LogP contribution is 2.26. The lowest BCUT2D eigenvalue weighted by atomic mass is 10.1. The number of hydrogen-bond acceptors (Lipinski definition) is 3. The Kier molecular flexibility index (Phi) is 8.07. The van der Waals surface area contributed by atoms with Gasteiger partial charge in [0.25, 0.3) is 0 Å². The van der Waals surface area contributed by atoms with Gasteiger partial charge in [-0.15, -0.1) is 0 Å². The molecule has 1 saturated heterocycles. The number of carbonyl (C=O) groups excluding carboxylic acids is 1.